The summed E-state index contributed by atoms with van der Waals surface area (Å²) in [4.78, 5) is 17.6. The van der Waals surface area contributed by atoms with Gasteiger partial charge in [0, 0.05) is 13.1 Å². The van der Waals surface area contributed by atoms with Crippen LogP contribution in [0.2, 0.25) is 0 Å². The molecule has 4 nitrogen and oxygen atoms in total. The Morgan fingerprint density at radius 3 is 2.60 bits per heavy atom. The van der Waals surface area contributed by atoms with Crippen molar-refractivity contribution in [2.75, 3.05) is 33.2 Å². The van der Waals surface area contributed by atoms with Gasteiger partial charge in [0.1, 0.15) is 5.82 Å². The Bertz CT molecular complexity index is 581. The lowest BCUT2D eigenvalue weighted by atomic mass is 9.76. The van der Waals surface area contributed by atoms with Gasteiger partial charge in [-0.1, -0.05) is 19.1 Å². The summed E-state index contributed by atoms with van der Waals surface area (Å²) >= 11 is 0. The average molecular weight is 347 g/mol. The molecule has 0 bridgehead atoms. The maximum Gasteiger partial charge on any atom is 0.237 e. The van der Waals surface area contributed by atoms with E-state index in [4.69, 9.17) is 0 Å². The lowest BCUT2D eigenvalue weighted by molar-refractivity contribution is -0.125. The summed E-state index contributed by atoms with van der Waals surface area (Å²) < 4.78 is 13.0. The Kier molecular flexibility index (Phi) is 5.74. The highest BCUT2D eigenvalue weighted by molar-refractivity contribution is 5.82. The normalized spacial score (nSPS) is 23.9. The van der Waals surface area contributed by atoms with Crippen LogP contribution in [0.4, 0.5) is 4.39 Å². The van der Waals surface area contributed by atoms with Crippen molar-refractivity contribution in [2.24, 2.45) is 5.41 Å². The second kappa shape index (κ2) is 7.83. The Balaban J connectivity index is 1.62. The monoisotopic (exact) mass is 347 g/mol. The molecule has 2 aliphatic rings. The smallest absolute Gasteiger partial charge is 0.237 e. The molecule has 138 valence electrons. The third-order valence-corrected chi connectivity index (χ3v) is 5.85. The Morgan fingerprint density at radius 2 is 1.96 bits per heavy atom. The van der Waals surface area contributed by atoms with Crippen molar-refractivity contribution in [3.8, 4) is 0 Å². The van der Waals surface area contributed by atoms with Crippen LogP contribution in [0.25, 0.3) is 0 Å². The molecule has 3 rings (SSSR count). The number of amides is 1. The van der Waals surface area contributed by atoms with E-state index in [0.717, 1.165) is 44.6 Å². The summed E-state index contributed by atoms with van der Waals surface area (Å²) in [5.74, 6) is -0.127. The number of halogens is 1. The van der Waals surface area contributed by atoms with Gasteiger partial charge in [-0.3, -0.25) is 9.69 Å². The van der Waals surface area contributed by atoms with E-state index in [1.165, 1.54) is 25.0 Å². The Labute approximate surface area is 150 Å². The molecule has 1 spiro atoms. The highest BCUT2D eigenvalue weighted by Gasteiger charge is 2.47. The number of rotatable bonds is 5. The van der Waals surface area contributed by atoms with Gasteiger partial charge in [0.25, 0.3) is 0 Å². The molecule has 1 aromatic rings. The first kappa shape index (κ1) is 18.3. The van der Waals surface area contributed by atoms with Crippen LogP contribution in [0, 0.1) is 11.2 Å². The summed E-state index contributed by atoms with van der Waals surface area (Å²) in [5.41, 5.74) is 1.24. The minimum atomic E-state index is -0.246. The number of nitrogens with zero attached hydrogens (tertiary/aromatic N) is 2. The van der Waals surface area contributed by atoms with Crippen LogP contribution in [-0.2, 0) is 11.3 Å². The minimum absolute atomic E-state index is 0.0243. The van der Waals surface area contributed by atoms with Crippen molar-refractivity contribution in [3.63, 3.8) is 0 Å². The molecular weight excluding hydrogens is 317 g/mol. The summed E-state index contributed by atoms with van der Waals surface area (Å²) in [7, 11) is 2.18. The summed E-state index contributed by atoms with van der Waals surface area (Å²) in [6, 6.07) is 6.31. The third-order valence-electron chi connectivity index (χ3n) is 5.85. The number of benzene rings is 1. The average Bonchev–Trinajstić information content (AvgIpc) is 2.96. The van der Waals surface area contributed by atoms with Crippen LogP contribution in [0.15, 0.2) is 24.3 Å². The molecule has 2 saturated heterocycles. The van der Waals surface area contributed by atoms with Gasteiger partial charge in [-0.15, -0.1) is 0 Å². The van der Waals surface area contributed by atoms with E-state index in [1.807, 2.05) is 0 Å². The standard InChI is InChI=1S/C20H30FN3O/c1-3-10-24-15-20(8-11-23(2)12-9-20)13-18(24)19(25)22-14-16-4-6-17(21)7-5-16/h4-7,18H,3,8-15H2,1-2H3,(H,22,25)/t18-/m0/s1. The minimum Gasteiger partial charge on any atom is -0.351 e. The zero-order valence-electron chi connectivity index (χ0n) is 15.4. The van der Waals surface area contributed by atoms with Crippen LogP contribution in [0.1, 0.15) is 38.2 Å². The second-order valence-electron chi connectivity index (χ2n) is 7.84. The van der Waals surface area contributed by atoms with E-state index < -0.39 is 0 Å². The number of hydrogen-bond donors (Lipinski definition) is 1. The highest BCUT2D eigenvalue weighted by Crippen LogP contribution is 2.43. The fraction of sp³-hybridized carbons (Fsp3) is 0.650. The first-order chi connectivity index (χ1) is 12.0. The quantitative estimate of drug-likeness (QED) is 0.889. The molecule has 0 saturated carbocycles. The molecular formula is C20H30FN3O. The second-order valence-corrected chi connectivity index (χ2v) is 7.84. The number of likely N-dealkylation sites (tertiary alicyclic amines) is 2. The van der Waals surface area contributed by atoms with Crippen LogP contribution in [0.3, 0.4) is 0 Å². The van der Waals surface area contributed by atoms with Gasteiger partial charge in [-0.05, 0) is 75.5 Å². The van der Waals surface area contributed by atoms with E-state index in [9.17, 15) is 9.18 Å². The largest absolute Gasteiger partial charge is 0.351 e. The molecule has 25 heavy (non-hydrogen) atoms. The van der Waals surface area contributed by atoms with Crippen molar-refractivity contribution in [1.82, 2.24) is 15.1 Å². The van der Waals surface area contributed by atoms with Crippen LogP contribution in [-0.4, -0.2) is 55.0 Å². The molecule has 2 heterocycles. The predicted molar refractivity (Wildman–Crippen MR) is 97.7 cm³/mol. The number of piperidine rings is 1. The van der Waals surface area contributed by atoms with E-state index in [0.29, 0.717) is 12.0 Å². The van der Waals surface area contributed by atoms with Gasteiger partial charge in [0.05, 0.1) is 6.04 Å². The van der Waals surface area contributed by atoms with E-state index in [1.54, 1.807) is 12.1 Å². The zero-order valence-corrected chi connectivity index (χ0v) is 15.4. The van der Waals surface area contributed by atoms with Crippen LogP contribution < -0.4 is 5.32 Å². The zero-order chi connectivity index (χ0) is 17.9. The topological polar surface area (TPSA) is 35.6 Å². The third kappa shape index (κ3) is 4.39. The van der Waals surface area contributed by atoms with Gasteiger partial charge in [-0.2, -0.15) is 0 Å². The maximum absolute atomic E-state index is 13.0. The van der Waals surface area contributed by atoms with Crippen LogP contribution >= 0.6 is 0 Å². The molecule has 0 aromatic heterocycles. The number of carbonyl (C=O) groups is 1. The highest BCUT2D eigenvalue weighted by atomic mass is 19.1. The van der Waals surface area contributed by atoms with Crippen molar-refractivity contribution in [1.29, 1.82) is 0 Å². The molecule has 2 fully saturated rings. The molecule has 2 aliphatic heterocycles. The van der Waals surface area contributed by atoms with Gasteiger partial charge >= 0.3 is 0 Å². The summed E-state index contributed by atoms with van der Waals surface area (Å²) in [5, 5.41) is 3.07. The van der Waals surface area contributed by atoms with Crippen molar-refractivity contribution >= 4 is 5.91 Å². The summed E-state index contributed by atoms with van der Waals surface area (Å²) in [6.07, 6.45) is 4.41. The molecule has 0 unspecified atom stereocenters. The Hall–Kier alpha value is -1.46. The summed E-state index contributed by atoms with van der Waals surface area (Å²) in [6.45, 7) is 6.92. The van der Waals surface area contributed by atoms with Crippen molar-refractivity contribution < 1.29 is 9.18 Å². The first-order valence-electron chi connectivity index (χ1n) is 9.46. The fourth-order valence-corrected chi connectivity index (χ4v) is 4.29. The van der Waals surface area contributed by atoms with Gasteiger partial charge < -0.3 is 10.2 Å². The van der Waals surface area contributed by atoms with E-state index >= 15 is 0 Å². The number of carbonyl (C=O) groups excluding carboxylic acids is 1. The van der Waals surface area contributed by atoms with Crippen molar-refractivity contribution in [3.05, 3.63) is 35.6 Å². The maximum atomic E-state index is 13.0. The molecule has 0 aliphatic carbocycles. The van der Waals surface area contributed by atoms with E-state index in [2.05, 4.69) is 29.1 Å². The first-order valence-corrected chi connectivity index (χ1v) is 9.46. The van der Waals surface area contributed by atoms with E-state index in [-0.39, 0.29) is 17.8 Å². The molecule has 1 N–H and O–H groups in total. The fourth-order valence-electron chi connectivity index (χ4n) is 4.29. The van der Waals surface area contributed by atoms with Gasteiger partial charge in [0.15, 0.2) is 0 Å². The molecule has 1 amide bonds. The lowest BCUT2D eigenvalue weighted by Gasteiger charge is -2.37. The molecule has 1 atom stereocenters. The molecule has 0 radical (unpaired) electrons. The number of nitrogens with one attached hydrogen (secondary N) is 1. The molecule has 1 aromatic carbocycles. The molecule has 5 heteroatoms. The SMILES string of the molecule is CCCN1CC2(CCN(C)CC2)C[C@H]1C(=O)NCc1ccc(F)cc1. The van der Waals surface area contributed by atoms with Gasteiger partial charge in [-0.25, -0.2) is 4.39 Å². The van der Waals surface area contributed by atoms with Crippen LogP contribution in [0.5, 0.6) is 0 Å². The lowest BCUT2D eigenvalue weighted by Crippen LogP contribution is -2.43. The predicted octanol–water partition coefficient (Wildman–Crippen LogP) is 2.64. The van der Waals surface area contributed by atoms with Crippen molar-refractivity contribution in [2.45, 2.75) is 45.2 Å². The van der Waals surface area contributed by atoms with Gasteiger partial charge in [0.2, 0.25) is 5.91 Å². The Morgan fingerprint density at radius 1 is 1.28 bits per heavy atom. The number of hydrogen-bond acceptors (Lipinski definition) is 3.